The molecule has 0 radical (unpaired) electrons. The second kappa shape index (κ2) is 8.89. The first-order chi connectivity index (χ1) is 12.2. The van der Waals surface area contributed by atoms with Gasteiger partial charge in [-0.3, -0.25) is 4.79 Å². The quantitative estimate of drug-likeness (QED) is 0.585. The number of hydrogen-bond acceptors (Lipinski definition) is 7. The highest BCUT2D eigenvalue weighted by Gasteiger charge is 2.10. The largest absolute Gasteiger partial charge is 0.484 e. The zero-order valence-electron chi connectivity index (χ0n) is 13.0. The third kappa shape index (κ3) is 5.77. The first-order valence-electron chi connectivity index (χ1n) is 7.31. The molecule has 1 aromatic carbocycles. The van der Waals surface area contributed by atoms with E-state index in [1.54, 1.807) is 35.6 Å². The Hall–Kier alpha value is -2.03. The van der Waals surface area contributed by atoms with Gasteiger partial charge in [-0.25, -0.2) is 0 Å². The third-order valence-electron chi connectivity index (χ3n) is 2.99. The number of halogens is 1. The molecule has 0 fully saturated rings. The molecule has 1 amide bonds. The van der Waals surface area contributed by atoms with Crippen LogP contribution < -0.4 is 10.1 Å². The summed E-state index contributed by atoms with van der Waals surface area (Å²) in [6.07, 6.45) is 0. The number of carbonyl (C=O) groups is 1. The average Bonchev–Trinajstić information content (AvgIpc) is 3.29. The molecular formula is C16H14ClN3O3S2. The lowest BCUT2D eigenvalue weighted by Crippen LogP contribution is -2.24. The van der Waals surface area contributed by atoms with Crippen LogP contribution in [0.5, 0.6) is 5.75 Å². The zero-order chi connectivity index (χ0) is 17.5. The highest BCUT2D eigenvalue weighted by atomic mass is 35.5. The molecule has 130 valence electrons. The maximum atomic E-state index is 11.8. The molecule has 1 N–H and O–H groups in total. The monoisotopic (exact) mass is 395 g/mol. The van der Waals surface area contributed by atoms with Gasteiger partial charge in [0, 0.05) is 9.90 Å². The molecule has 6 nitrogen and oxygen atoms in total. The molecule has 0 unspecified atom stereocenters. The van der Waals surface area contributed by atoms with Crippen LogP contribution >= 0.6 is 34.7 Å². The molecule has 0 aliphatic rings. The fourth-order valence-electron chi connectivity index (χ4n) is 1.81. The van der Waals surface area contributed by atoms with E-state index in [1.165, 1.54) is 11.8 Å². The summed E-state index contributed by atoms with van der Waals surface area (Å²) in [5.41, 5.74) is 0. The summed E-state index contributed by atoms with van der Waals surface area (Å²) in [4.78, 5) is 12.9. The molecule has 0 bridgehead atoms. The van der Waals surface area contributed by atoms with Crippen molar-refractivity contribution < 1.29 is 13.9 Å². The van der Waals surface area contributed by atoms with E-state index in [0.29, 0.717) is 28.4 Å². The summed E-state index contributed by atoms with van der Waals surface area (Å²) in [6.45, 7) is 0.681. The number of rotatable bonds is 8. The summed E-state index contributed by atoms with van der Waals surface area (Å²) >= 11 is 8.60. The Kier molecular flexibility index (Phi) is 6.32. The van der Waals surface area contributed by atoms with Crippen LogP contribution in [-0.2, 0) is 17.9 Å². The molecule has 3 rings (SSSR count). The lowest BCUT2D eigenvalue weighted by molar-refractivity contribution is -0.118. The second-order valence-corrected chi connectivity index (χ2v) is 7.24. The number of nitrogens with zero attached hydrogens (tertiary/aromatic N) is 2. The first-order valence-corrected chi connectivity index (χ1v) is 9.56. The standard InChI is InChI=1S/C16H14ClN3O3S2/c17-11-3-5-12(6-4-11)22-9-15-19-20-16(23-15)25-10-14(21)18-8-13-2-1-7-24-13/h1-7H,8-10H2,(H,18,21). The summed E-state index contributed by atoms with van der Waals surface area (Å²) in [5, 5.41) is 13.6. The normalized spacial score (nSPS) is 10.6. The predicted molar refractivity (Wildman–Crippen MR) is 97.0 cm³/mol. The smallest absolute Gasteiger partial charge is 0.277 e. The molecule has 0 saturated heterocycles. The molecule has 0 spiro atoms. The van der Waals surface area contributed by atoms with E-state index < -0.39 is 0 Å². The van der Waals surface area contributed by atoms with E-state index in [9.17, 15) is 4.79 Å². The van der Waals surface area contributed by atoms with Crippen molar-refractivity contribution >= 4 is 40.6 Å². The van der Waals surface area contributed by atoms with Crippen LogP contribution in [0, 0.1) is 0 Å². The first kappa shape index (κ1) is 17.8. The van der Waals surface area contributed by atoms with E-state index in [1.807, 2.05) is 17.5 Å². The summed E-state index contributed by atoms with van der Waals surface area (Å²) < 4.78 is 11.0. The maximum Gasteiger partial charge on any atom is 0.277 e. The topological polar surface area (TPSA) is 77.2 Å². The highest BCUT2D eigenvalue weighted by Crippen LogP contribution is 2.19. The lowest BCUT2D eigenvalue weighted by Gasteiger charge is -2.02. The van der Waals surface area contributed by atoms with Crippen LogP contribution in [0.25, 0.3) is 0 Å². The molecule has 9 heteroatoms. The minimum atomic E-state index is -0.0874. The van der Waals surface area contributed by atoms with Gasteiger partial charge < -0.3 is 14.5 Å². The van der Waals surface area contributed by atoms with Crippen molar-refractivity contribution in [3.8, 4) is 5.75 Å². The van der Waals surface area contributed by atoms with Crippen molar-refractivity contribution in [2.75, 3.05) is 5.75 Å². The minimum absolute atomic E-state index is 0.0874. The molecule has 2 heterocycles. The van der Waals surface area contributed by atoms with Gasteiger partial charge in [-0.2, -0.15) is 0 Å². The Labute approximate surface area is 157 Å². The van der Waals surface area contributed by atoms with Gasteiger partial charge >= 0.3 is 0 Å². The number of thiophene rings is 1. The highest BCUT2D eigenvalue weighted by molar-refractivity contribution is 7.99. The van der Waals surface area contributed by atoms with Crippen LogP contribution in [0.3, 0.4) is 0 Å². The van der Waals surface area contributed by atoms with E-state index in [-0.39, 0.29) is 18.3 Å². The summed E-state index contributed by atoms with van der Waals surface area (Å²) in [7, 11) is 0. The molecule has 0 saturated carbocycles. The van der Waals surface area contributed by atoms with Crippen LogP contribution in [-0.4, -0.2) is 21.9 Å². The van der Waals surface area contributed by atoms with E-state index in [2.05, 4.69) is 15.5 Å². The molecule has 25 heavy (non-hydrogen) atoms. The van der Waals surface area contributed by atoms with E-state index in [4.69, 9.17) is 20.8 Å². The Morgan fingerprint density at radius 3 is 2.88 bits per heavy atom. The fourth-order valence-corrected chi connectivity index (χ4v) is 3.19. The second-order valence-electron chi connectivity index (χ2n) is 4.85. The predicted octanol–water partition coefficient (Wildman–Crippen LogP) is 3.77. The van der Waals surface area contributed by atoms with Crippen molar-refractivity contribution in [1.29, 1.82) is 0 Å². The number of amides is 1. The molecule has 0 aliphatic carbocycles. The number of benzene rings is 1. The SMILES string of the molecule is O=C(CSc1nnc(COc2ccc(Cl)cc2)o1)NCc1cccs1. The fraction of sp³-hybridized carbons (Fsp3) is 0.188. The van der Waals surface area contributed by atoms with Gasteiger partial charge in [0.15, 0.2) is 6.61 Å². The van der Waals surface area contributed by atoms with Crippen molar-refractivity contribution in [2.24, 2.45) is 0 Å². The van der Waals surface area contributed by atoms with Gasteiger partial charge in [0.2, 0.25) is 5.91 Å². The van der Waals surface area contributed by atoms with Gasteiger partial charge in [0.1, 0.15) is 5.75 Å². The van der Waals surface area contributed by atoms with Gasteiger partial charge in [-0.15, -0.1) is 21.5 Å². The molecule has 3 aromatic rings. The Morgan fingerprint density at radius 1 is 1.28 bits per heavy atom. The van der Waals surface area contributed by atoms with E-state index in [0.717, 1.165) is 4.88 Å². The number of ether oxygens (including phenoxy) is 1. The number of thioether (sulfide) groups is 1. The van der Waals surface area contributed by atoms with Crippen LogP contribution in [0.15, 0.2) is 51.4 Å². The van der Waals surface area contributed by atoms with Gasteiger partial charge in [-0.1, -0.05) is 29.4 Å². The molecule has 0 aliphatic heterocycles. The van der Waals surface area contributed by atoms with Gasteiger partial charge in [0.05, 0.1) is 12.3 Å². The molecule has 0 atom stereocenters. The zero-order valence-corrected chi connectivity index (χ0v) is 15.4. The molecule has 2 aromatic heterocycles. The maximum absolute atomic E-state index is 11.8. The van der Waals surface area contributed by atoms with Gasteiger partial charge in [0.25, 0.3) is 11.1 Å². The third-order valence-corrected chi connectivity index (χ3v) is 4.94. The number of nitrogens with one attached hydrogen (secondary N) is 1. The van der Waals surface area contributed by atoms with E-state index >= 15 is 0 Å². The van der Waals surface area contributed by atoms with Crippen LogP contribution in [0.4, 0.5) is 0 Å². The lowest BCUT2D eigenvalue weighted by atomic mass is 10.3. The molecular weight excluding hydrogens is 382 g/mol. The summed E-state index contributed by atoms with van der Waals surface area (Å²) in [5.74, 6) is 1.13. The minimum Gasteiger partial charge on any atom is -0.484 e. The average molecular weight is 396 g/mol. The van der Waals surface area contributed by atoms with Crippen molar-refractivity contribution in [2.45, 2.75) is 18.4 Å². The van der Waals surface area contributed by atoms with Crippen molar-refractivity contribution in [1.82, 2.24) is 15.5 Å². The Balaban J connectivity index is 1.40. The number of carbonyl (C=O) groups excluding carboxylic acids is 1. The Morgan fingerprint density at radius 2 is 2.12 bits per heavy atom. The van der Waals surface area contributed by atoms with Crippen LogP contribution in [0.2, 0.25) is 5.02 Å². The van der Waals surface area contributed by atoms with Gasteiger partial charge in [-0.05, 0) is 35.7 Å². The van der Waals surface area contributed by atoms with Crippen molar-refractivity contribution in [3.05, 3.63) is 57.6 Å². The van der Waals surface area contributed by atoms with Crippen LogP contribution in [0.1, 0.15) is 10.8 Å². The summed E-state index contributed by atoms with van der Waals surface area (Å²) in [6, 6.07) is 10.9. The number of aromatic nitrogens is 2. The van der Waals surface area contributed by atoms with Crippen molar-refractivity contribution in [3.63, 3.8) is 0 Å². The Bertz CT molecular complexity index is 806. The number of hydrogen-bond donors (Lipinski definition) is 1.